The van der Waals surface area contributed by atoms with E-state index in [0.29, 0.717) is 0 Å². The van der Waals surface area contributed by atoms with Crippen LogP contribution in [0.3, 0.4) is 0 Å². The third kappa shape index (κ3) is 2.93. The molecule has 2 aliphatic heterocycles. The van der Waals surface area contributed by atoms with Crippen LogP contribution in [-0.2, 0) is 16.0 Å². The van der Waals surface area contributed by atoms with Crippen molar-refractivity contribution in [1.82, 2.24) is 4.90 Å². The standard InChI is InChI=1S/C15H20ClNO3/c1-18-14-3-2-13(16)10-12(14)11-17-6-4-15(5-7-17)19-8-9-20-15/h2-3,10H,4-9,11H2,1H3. The summed E-state index contributed by atoms with van der Waals surface area (Å²) in [6, 6.07) is 5.76. The second kappa shape index (κ2) is 5.90. The Morgan fingerprint density at radius 1 is 1.25 bits per heavy atom. The van der Waals surface area contributed by atoms with E-state index in [0.717, 1.165) is 62.0 Å². The lowest BCUT2D eigenvalue weighted by Crippen LogP contribution is -2.44. The molecule has 5 heteroatoms. The molecule has 1 spiro atoms. The molecule has 0 radical (unpaired) electrons. The molecule has 0 N–H and O–H groups in total. The predicted octanol–water partition coefficient (Wildman–Crippen LogP) is 2.69. The molecule has 0 aliphatic carbocycles. The van der Waals surface area contributed by atoms with Crippen molar-refractivity contribution in [1.29, 1.82) is 0 Å². The Morgan fingerprint density at radius 2 is 1.95 bits per heavy atom. The zero-order chi connectivity index (χ0) is 14.0. The van der Waals surface area contributed by atoms with Crippen molar-refractivity contribution in [3.8, 4) is 5.75 Å². The van der Waals surface area contributed by atoms with Gasteiger partial charge in [0.2, 0.25) is 0 Å². The third-order valence-corrected chi connectivity index (χ3v) is 4.30. The minimum atomic E-state index is -0.311. The van der Waals surface area contributed by atoms with Crippen LogP contribution in [0.5, 0.6) is 5.75 Å². The number of nitrogens with zero attached hydrogens (tertiary/aromatic N) is 1. The number of rotatable bonds is 3. The maximum atomic E-state index is 6.08. The normalized spacial score (nSPS) is 22.3. The Morgan fingerprint density at radius 3 is 2.60 bits per heavy atom. The van der Waals surface area contributed by atoms with E-state index in [1.54, 1.807) is 7.11 Å². The highest BCUT2D eigenvalue weighted by atomic mass is 35.5. The lowest BCUT2D eigenvalue weighted by atomic mass is 10.0. The lowest BCUT2D eigenvalue weighted by molar-refractivity contribution is -0.185. The van der Waals surface area contributed by atoms with E-state index in [-0.39, 0.29) is 5.79 Å². The van der Waals surface area contributed by atoms with Gasteiger partial charge < -0.3 is 14.2 Å². The number of hydrogen-bond donors (Lipinski definition) is 0. The lowest BCUT2D eigenvalue weighted by Gasteiger charge is -2.37. The molecule has 4 nitrogen and oxygen atoms in total. The van der Waals surface area contributed by atoms with Crippen LogP contribution in [0.4, 0.5) is 0 Å². The van der Waals surface area contributed by atoms with Gasteiger partial charge in [-0.25, -0.2) is 0 Å². The van der Waals surface area contributed by atoms with Gasteiger partial charge in [0.25, 0.3) is 0 Å². The molecule has 2 heterocycles. The quantitative estimate of drug-likeness (QED) is 0.858. The third-order valence-electron chi connectivity index (χ3n) is 4.07. The molecule has 2 aliphatic rings. The summed E-state index contributed by atoms with van der Waals surface area (Å²) in [7, 11) is 1.69. The SMILES string of the molecule is COc1ccc(Cl)cc1CN1CCC2(CC1)OCCO2. The number of benzene rings is 1. The van der Waals surface area contributed by atoms with Gasteiger partial charge in [-0.15, -0.1) is 0 Å². The zero-order valence-corrected chi connectivity index (χ0v) is 12.5. The van der Waals surface area contributed by atoms with E-state index in [9.17, 15) is 0 Å². The first-order valence-electron chi connectivity index (χ1n) is 7.03. The molecule has 3 rings (SSSR count). The van der Waals surface area contributed by atoms with Crippen molar-refractivity contribution in [3.63, 3.8) is 0 Å². The van der Waals surface area contributed by atoms with Crippen LogP contribution < -0.4 is 4.74 Å². The van der Waals surface area contributed by atoms with E-state index in [1.807, 2.05) is 18.2 Å². The summed E-state index contributed by atoms with van der Waals surface area (Å²) >= 11 is 6.08. The van der Waals surface area contributed by atoms with Crippen LogP contribution in [0, 0.1) is 0 Å². The molecule has 20 heavy (non-hydrogen) atoms. The Labute approximate surface area is 124 Å². The highest BCUT2D eigenvalue weighted by molar-refractivity contribution is 6.30. The second-order valence-corrected chi connectivity index (χ2v) is 5.78. The van der Waals surface area contributed by atoms with Gasteiger partial charge in [-0.05, 0) is 18.2 Å². The van der Waals surface area contributed by atoms with Crippen LogP contribution in [0.15, 0.2) is 18.2 Å². The first-order valence-corrected chi connectivity index (χ1v) is 7.41. The van der Waals surface area contributed by atoms with Crippen molar-refractivity contribution in [2.75, 3.05) is 33.4 Å². The van der Waals surface area contributed by atoms with Crippen molar-refractivity contribution < 1.29 is 14.2 Å². The number of likely N-dealkylation sites (tertiary alicyclic amines) is 1. The molecule has 0 unspecified atom stereocenters. The summed E-state index contributed by atoms with van der Waals surface area (Å²) in [4.78, 5) is 2.39. The Bertz CT molecular complexity index is 464. The van der Waals surface area contributed by atoms with Gasteiger partial charge in [-0.1, -0.05) is 11.6 Å². The number of halogens is 1. The van der Waals surface area contributed by atoms with Crippen molar-refractivity contribution in [3.05, 3.63) is 28.8 Å². The largest absolute Gasteiger partial charge is 0.496 e. The van der Waals surface area contributed by atoms with Crippen molar-refractivity contribution in [2.45, 2.75) is 25.2 Å². The molecule has 0 aromatic heterocycles. The predicted molar refractivity (Wildman–Crippen MR) is 77.2 cm³/mol. The Balaban J connectivity index is 1.63. The molecule has 0 saturated carbocycles. The smallest absolute Gasteiger partial charge is 0.170 e. The fourth-order valence-corrected chi connectivity index (χ4v) is 3.14. The number of piperidine rings is 1. The summed E-state index contributed by atoms with van der Waals surface area (Å²) in [5.74, 6) is 0.581. The summed E-state index contributed by atoms with van der Waals surface area (Å²) < 4.78 is 16.9. The van der Waals surface area contributed by atoms with Gasteiger partial charge in [0.05, 0.1) is 20.3 Å². The zero-order valence-electron chi connectivity index (χ0n) is 11.7. The molecule has 0 amide bonds. The maximum Gasteiger partial charge on any atom is 0.170 e. The number of hydrogen-bond acceptors (Lipinski definition) is 4. The van der Waals surface area contributed by atoms with Crippen LogP contribution >= 0.6 is 11.6 Å². The van der Waals surface area contributed by atoms with Gasteiger partial charge in [-0.2, -0.15) is 0 Å². The highest BCUT2D eigenvalue weighted by Crippen LogP contribution is 2.32. The first-order chi connectivity index (χ1) is 9.71. The van der Waals surface area contributed by atoms with Crippen molar-refractivity contribution in [2.24, 2.45) is 0 Å². The van der Waals surface area contributed by atoms with Gasteiger partial charge >= 0.3 is 0 Å². The number of ether oxygens (including phenoxy) is 3. The molecule has 110 valence electrons. The van der Waals surface area contributed by atoms with Gasteiger partial charge in [0.15, 0.2) is 5.79 Å². The molecule has 2 saturated heterocycles. The van der Waals surface area contributed by atoms with Crippen LogP contribution in [0.25, 0.3) is 0 Å². The first kappa shape index (κ1) is 14.1. The van der Waals surface area contributed by atoms with E-state index >= 15 is 0 Å². The minimum Gasteiger partial charge on any atom is -0.496 e. The molecule has 1 aromatic rings. The maximum absolute atomic E-state index is 6.08. The van der Waals surface area contributed by atoms with E-state index in [2.05, 4.69) is 4.90 Å². The van der Waals surface area contributed by atoms with Crippen LogP contribution in [-0.4, -0.2) is 44.1 Å². The summed E-state index contributed by atoms with van der Waals surface area (Å²) in [5, 5.41) is 0.747. The minimum absolute atomic E-state index is 0.311. The monoisotopic (exact) mass is 297 g/mol. The fraction of sp³-hybridized carbons (Fsp3) is 0.600. The average Bonchev–Trinajstić information content (AvgIpc) is 2.90. The average molecular weight is 298 g/mol. The Hall–Kier alpha value is -0.810. The molecular formula is C15H20ClNO3. The molecule has 2 fully saturated rings. The van der Waals surface area contributed by atoms with Crippen LogP contribution in [0.1, 0.15) is 18.4 Å². The highest BCUT2D eigenvalue weighted by Gasteiger charge is 2.39. The van der Waals surface area contributed by atoms with E-state index in [1.165, 1.54) is 0 Å². The summed E-state index contributed by atoms with van der Waals surface area (Å²) in [6.07, 6.45) is 1.85. The molecule has 1 aromatic carbocycles. The van der Waals surface area contributed by atoms with Gasteiger partial charge in [0, 0.05) is 43.1 Å². The number of methoxy groups -OCH3 is 1. The van der Waals surface area contributed by atoms with E-state index in [4.69, 9.17) is 25.8 Å². The Kier molecular flexibility index (Phi) is 4.17. The molecule has 0 atom stereocenters. The molecule has 0 bridgehead atoms. The van der Waals surface area contributed by atoms with Gasteiger partial charge in [0.1, 0.15) is 5.75 Å². The summed E-state index contributed by atoms with van der Waals surface area (Å²) in [5.41, 5.74) is 1.13. The van der Waals surface area contributed by atoms with Crippen LogP contribution in [0.2, 0.25) is 5.02 Å². The van der Waals surface area contributed by atoms with Gasteiger partial charge in [-0.3, -0.25) is 4.90 Å². The topological polar surface area (TPSA) is 30.9 Å². The summed E-state index contributed by atoms with van der Waals surface area (Å²) in [6.45, 7) is 4.23. The fourth-order valence-electron chi connectivity index (χ4n) is 2.95. The van der Waals surface area contributed by atoms with Crippen molar-refractivity contribution >= 4 is 11.6 Å². The van der Waals surface area contributed by atoms with E-state index < -0.39 is 0 Å². The second-order valence-electron chi connectivity index (χ2n) is 5.34. The molecular weight excluding hydrogens is 278 g/mol.